The molecule has 1 nitrogen and oxygen atoms in total. The molecule has 28 heavy (non-hydrogen) atoms. The molecule has 2 atom stereocenters. The monoisotopic (exact) mass is 502 g/mol. The molecule has 0 unspecified atom stereocenters. The molecule has 0 rings (SSSR count). The fourth-order valence-corrected chi connectivity index (χ4v) is 18.8. The van der Waals surface area contributed by atoms with E-state index in [0.717, 1.165) is 11.8 Å². The predicted molar refractivity (Wildman–Crippen MR) is 132 cm³/mol. The average Bonchev–Trinajstić information content (AvgIpc) is 2.66. The topological polar surface area (TPSA) is 9.23 Å². The van der Waals surface area contributed by atoms with Crippen LogP contribution in [0.5, 0.6) is 0 Å². The van der Waals surface area contributed by atoms with E-state index in [2.05, 4.69) is 60.6 Å². The van der Waals surface area contributed by atoms with Crippen LogP contribution in [0.1, 0.15) is 113 Å². The number of unbranched alkanes of at least 4 members (excludes halogenated alkanes) is 3. The Kier molecular flexibility index (Phi) is 18.6. The van der Waals surface area contributed by atoms with Crippen molar-refractivity contribution in [1.82, 2.24) is 0 Å². The Bertz CT molecular complexity index is 342. The van der Waals surface area contributed by atoms with Crippen LogP contribution in [0, 0.1) is 11.8 Å². The van der Waals surface area contributed by atoms with Crippen molar-refractivity contribution in [2.75, 3.05) is 4.62 Å². The van der Waals surface area contributed by atoms with E-state index in [0.29, 0.717) is 6.10 Å². The van der Waals surface area contributed by atoms with E-state index in [9.17, 15) is 0 Å². The third-order valence-corrected chi connectivity index (χ3v) is 20.6. The maximum atomic E-state index is 6.74. The molecule has 0 spiro atoms. The maximum absolute atomic E-state index is 6.74. The molecule has 2 heteroatoms. The van der Waals surface area contributed by atoms with Gasteiger partial charge in [0.2, 0.25) is 0 Å². The van der Waals surface area contributed by atoms with Gasteiger partial charge in [-0.05, 0) is 0 Å². The van der Waals surface area contributed by atoms with Crippen molar-refractivity contribution in [2.24, 2.45) is 11.8 Å². The van der Waals surface area contributed by atoms with E-state index < -0.39 is 18.4 Å². The summed E-state index contributed by atoms with van der Waals surface area (Å²) in [6.45, 7) is 16.3. The van der Waals surface area contributed by atoms with E-state index in [1.54, 1.807) is 13.3 Å². The van der Waals surface area contributed by atoms with Gasteiger partial charge in [-0.1, -0.05) is 0 Å². The zero-order valence-electron chi connectivity index (χ0n) is 20.7. The van der Waals surface area contributed by atoms with Crippen molar-refractivity contribution in [3.63, 3.8) is 0 Å². The van der Waals surface area contributed by atoms with Crippen LogP contribution in [0.4, 0.5) is 0 Å². The van der Waals surface area contributed by atoms with Gasteiger partial charge >= 0.3 is 184 Å². The van der Waals surface area contributed by atoms with Gasteiger partial charge in [-0.2, -0.15) is 0 Å². The van der Waals surface area contributed by atoms with Gasteiger partial charge in [0.1, 0.15) is 0 Å². The third kappa shape index (κ3) is 14.5. The summed E-state index contributed by atoms with van der Waals surface area (Å²) in [4.78, 5) is 0. The van der Waals surface area contributed by atoms with E-state index in [1.807, 2.05) is 0 Å². The zero-order valence-corrected chi connectivity index (χ0v) is 23.5. The number of rotatable bonds is 19. The molecule has 0 aliphatic heterocycles. The summed E-state index contributed by atoms with van der Waals surface area (Å²) in [5.41, 5.74) is 0. The van der Waals surface area contributed by atoms with Gasteiger partial charge in [-0.25, -0.2) is 0 Å². The number of ether oxygens (including phenoxy) is 1. The van der Waals surface area contributed by atoms with Crippen LogP contribution in [0.15, 0.2) is 12.2 Å². The molecule has 0 heterocycles. The Balaban J connectivity index is 4.88. The number of hydrogen-bond acceptors (Lipinski definition) is 1. The fourth-order valence-electron chi connectivity index (χ4n) is 4.34. The Morgan fingerprint density at radius 3 is 1.75 bits per heavy atom. The molecule has 0 saturated heterocycles. The minimum absolute atomic E-state index is 0.347. The molecule has 0 aliphatic carbocycles. The normalized spacial score (nSPS) is 14.9. The van der Waals surface area contributed by atoms with Crippen molar-refractivity contribution in [3.05, 3.63) is 12.2 Å². The molecular weight excluding hydrogens is 447 g/mol. The van der Waals surface area contributed by atoms with Crippen LogP contribution in [0.25, 0.3) is 0 Å². The molecule has 0 radical (unpaired) electrons. The fraction of sp³-hybridized carbons (Fsp3) is 0.923. The van der Waals surface area contributed by atoms with Gasteiger partial charge in [0.05, 0.1) is 0 Å². The summed E-state index contributed by atoms with van der Waals surface area (Å²) < 4.78 is 12.6. The van der Waals surface area contributed by atoms with Gasteiger partial charge in [-0.3, -0.25) is 0 Å². The summed E-state index contributed by atoms with van der Waals surface area (Å²) in [6, 6.07) is 0. The van der Waals surface area contributed by atoms with Gasteiger partial charge in [0.15, 0.2) is 0 Å². The predicted octanol–water partition coefficient (Wildman–Crippen LogP) is 9.19. The van der Waals surface area contributed by atoms with E-state index in [4.69, 9.17) is 4.74 Å². The van der Waals surface area contributed by atoms with E-state index in [-0.39, 0.29) is 0 Å². The number of hydrogen-bond donors (Lipinski definition) is 0. The molecule has 0 aromatic carbocycles. The first-order valence-corrected chi connectivity index (χ1v) is 20.7. The zero-order chi connectivity index (χ0) is 21.3. The molecule has 0 aromatic heterocycles. The first-order chi connectivity index (χ1) is 13.4. The summed E-state index contributed by atoms with van der Waals surface area (Å²) in [6.07, 6.45) is 18.6. The van der Waals surface area contributed by atoms with Crippen molar-refractivity contribution >= 4 is 18.4 Å². The second kappa shape index (κ2) is 18.3. The quantitative estimate of drug-likeness (QED) is 0.127. The van der Waals surface area contributed by atoms with Crippen LogP contribution in [0.3, 0.4) is 0 Å². The van der Waals surface area contributed by atoms with E-state index in [1.165, 1.54) is 68.8 Å². The Morgan fingerprint density at radius 2 is 1.32 bits per heavy atom. The van der Waals surface area contributed by atoms with Gasteiger partial charge < -0.3 is 0 Å². The second-order valence-electron chi connectivity index (χ2n) is 9.85. The second-order valence-corrected chi connectivity index (χ2v) is 23.5. The first kappa shape index (κ1) is 28.5. The molecule has 0 aliphatic rings. The Labute approximate surface area is 183 Å². The first-order valence-electron chi connectivity index (χ1n) is 12.7. The standard InChI is InChI=1S/C14H27O.3C4H9.Sn/c1-6-8-14(15-5)11-13(4)10-7-9-12(2)3;3*1-3-4-2;/h6,8,12-14H,5,7,9-11H2,1-4H3;3*1,3-4H2,2H3;/b8-6-;;;;/t13-,14+;;;;/m1..../s1. The SMILES string of the molecule is C/C=C\[C@@H](C[C@H](C)CCCC(C)C)O[CH2][Sn]([CH2]CCC)([CH2]CCC)[CH2]CCC. The van der Waals surface area contributed by atoms with Gasteiger partial charge in [-0.15, -0.1) is 0 Å². The molecular formula is C26H54OSn. The Morgan fingerprint density at radius 1 is 0.786 bits per heavy atom. The van der Waals surface area contributed by atoms with Crippen molar-refractivity contribution in [1.29, 1.82) is 0 Å². The average molecular weight is 501 g/mol. The van der Waals surface area contributed by atoms with Crippen LogP contribution >= 0.6 is 0 Å². The molecule has 168 valence electrons. The third-order valence-electron chi connectivity index (χ3n) is 6.31. The summed E-state index contributed by atoms with van der Waals surface area (Å²) in [5, 5.41) is 0. The summed E-state index contributed by atoms with van der Waals surface area (Å²) >= 11 is -2.17. The molecule has 0 N–H and O–H groups in total. The van der Waals surface area contributed by atoms with Crippen molar-refractivity contribution in [3.8, 4) is 0 Å². The Hall–Kier alpha value is 0.499. The molecule has 0 bridgehead atoms. The summed E-state index contributed by atoms with van der Waals surface area (Å²) in [7, 11) is 0. The van der Waals surface area contributed by atoms with Crippen molar-refractivity contribution in [2.45, 2.75) is 132 Å². The van der Waals surface area contributed by atoms with Gasteiger partial charge in [0.25, 0.3) is 0 Å². The molecule has 0 amide bonds. The molecule has 0 saturated carbocycles. The van der Waals surface area contributed by atoms with Crippen LogP contribution in [0.2, 0.25) is 13.3 Å². The molecule has 0 fully saturated rings. The van der Waals surface area contributed by atoms with Crippen LogP contribution in [-0.4, -0.2) is 29.1 Å². The van der Waals surface area contributed by atoms with Crippen LogP contribution < -0.4 is 0 Å². The van der Waals surface area contributed by atoms with Crippen molar-refractivity contribution < 1.29 is 4.74 Å². The number of allylic oxidation sites excluding steroid dienone is 1. The van der Waals surface area contributed by atoms with Gasteiger partial charge in [0, 0.05) is 0 Å². The molecule has 0 aromatic rings. The minimum atomic E-state index is -2.17. The van der Waals surface area contributed by atoms with E-state index >= 15 is 0 Å². The van der Waals surface area contributed by atoms with Crippen LogP contribution in [-0.2, 0) is 4.74 Å². The summed E-state index contributed by atoms with van der Waals surface area (Å²) in [5.74, 6) is 1.60.